The van der Waals surface area contributed by atoms with Crippen molar-refractivity contribution in [1.82, 2.24) is 5.32 Å². The molecule has 1 amide bonds. The first-order valence-corrected chi connectivity index (χ1v) is 8.26. The Kier molecular flexibility index (Phi) is 6.38. The molecule has 0 heterocycles. The van der Waals surface area contributed by atoms with E-state index in [-0.39, 0.29) is 17.9 Å². The quantitative estimate of drug-likeness (QED) is 0.817. The van der Waals surface area contributed by atoms with Crippen molar-refractivity contribution in [2.45, 2.75) is 51.0 Å². The zero-order valence-electron chi connectivity index (χ0n) is 12.0. The summed E-state index contributed by atoms with van der Waals surface area (Å²) in [5.74, 6) is 0.772. The van der Waals surface area contributed by atoms with Crippen molar-refractivity contribution in [1.29, 1.82) is 0 Å². The van der Waals surface area contributed by atoms with Crippen molar-refractivity contribution in [2.24, 2.45) is 5.92 Å². The number of carbonyl (C=O) groups is 1. The molecule has 110 valence electrons. The molecule has 0 aliphatic heterocycles. The number of benzene rings is 1. The second-order valence-corrected chi connectivity index (χ2v) is 5.98. The van der Waals surface area contributed by atoms with Crippen LogP contribution in [0.15, 0.2) is 30.3 Å². The smallest absolute Gasteiger partial charge is 0.223 e. The minimum absolute atomic E-state index is 0.0733. The summed E-state index contributed by atoms with van der Waals surface area (Å²) in [7, 11) is 0. The van der Waals surface area contributed by atoms with E-state index in [1.807, 2.05) is 30.3 Å². The lowest BCUT2D eigenvalue weighted by Crippen LogP contribution is -2.35. The lowest BCUT2D eigenvalue weighted by Gasteiger charge is -2.23. The average molecular weight is 294 g/mol. The first-order valence-electron chi connectivity index (χ1n) is 7.72. The lowest BCUT2D eigenvalue weighted by atomic mass is 9.90. The van der Waals surface area contributed by atoms with Gasteiger partial charge in [-0.3, -0.25) is 4.79 Å². The summed E-state index contributed by atoms with van der Waals surface area (Å²) in [5, 5.41) is 3.13. The third kappa shape index (κ3) is 4.52. The fourth-order valence-corrected chi connectivity index (χ4v) is 3.16. The molecule has 2 rings (SSSR count). The van der Waals surface area contributed by atoms with Gasteiger partial charge in [0.2, 0.25) is 5.91 Å². The summed E-state index contributed by atoms with van der Waals surface area (Å²) >= 11 is 6.03. The van der Waals surface area contributed by atoms with Gasteiger partial charge in [-0.15, -0.1) is 11.6 Å². The molecular formula is C17H24ClNO. The summed E-state index contributed by atoms with van der Waals surface area (Å²) in [4.78, 5) is 12.4. The minimum Gasteiger partial charge on any atom is -0.348 e. The molecule has 3 heteroatoms. The van der Waals surface area contributed by atoms with Gasteiger partial charge in [0.25, 0.3) is 0 Å². The van der Waals surface area contributed by atoms with E-state index in [1.165, 1.54) is 32.1 Å². The summed E-state index contributed by atoms with van der Waals surface area (Å²) < 4.78 is 0. The van der Waals surface area contributed by atoms with Crippen LogP contribution in [0.25, 0.3) is 0 Å². The summed E-state index contributed by atoms with van der Waals surface area (Å²) in [5.41, 5.74) is 1.08. The van der Waals surface area contributed by atoms with Crippen LogP contribution in [0.5, 0.6) is 0 Å². The molecule has 1 saturated carbocycles. The molecule has 1 unspecified atom stereocenters. The fraction of sp³-hybridized carbons (Fsp3) is 0.588. The van der Waals surface area contributed by atoms with Crippen molar-refractivity contribution in [3.8, 4) is 0 Å². The highest BCUT2D eigenvalue weighted by Gasteiger charge is 2.22. The Hall–Kier alpha value is -1.02. The molecule has 0 aromatic heterocycles. The minimum atomic E-state index is -0.0733. The second-order valence-electron chi connectivity index (χ2n) is 5.67. The van der Waals surface area contributed by atoms with Gasteiger partial charge in [-0.05, 0) is 18.4 Å². The lowest BCUT2D eigenvalue weighted by molar-refractivity contribution is -0.126. The van der Waals surface area contributed by atoms with E-state index in [9.17, 15) is 4.79 Å². The third-order valence-corrected chi connectivity index (χ3v) is 4.46. The van der Waals surface area contributed by atoms with E-state index in [4.69, 9.17) is 11.6 Å². The molecule has 0 bridgehead atoms. The van der Waals surface area contributed by atoms with Crippen molar-refractivity contribution < 1.29 is 4.79 Å². The van der Waals surface area contributed by atoms with Gasteiger partial charge in [0.1, 0.15) is 0 Å². The number of amides is 1. The van der Waals surface area contributed by atoms with Crippen LogP contribution < -0.4 is 5.32 Å². The van der Waals surface area contributed by atoms with Gasteiger partial charge in [-0.1, -0.05) is 62.4 Å². The standard InChI is InChI=1S/C17H24ClNO/c18-13-16(14-9-7-4-8-10-14)19-17(20)15-11-5-2-1-3-6-12-15/h4,7-10,15-16H,1-3,5-6,11-13H2,(H,19,20). The van der Waals surface area contributed by atoms with Crippen LogP contribution in [0.3, 0.4) is 0 Å². The van der Waals surface area contributed by atoms with Gasteiger partial charge in [-0.25, -0.2) is 0 Å². The zero-order chi connectivity index (χ0) is 14.2. The number of halogens is 1. The number of rotatable bonds is 4. The van der Waals surface area contributed by atoms with E-state index in [2.05, 4.69) is 5.32 Å². The Morgan fingerprint density at radius 3 is 2.30 bits per heavy atom. The van der Waals surface area contributed by atoms with Crippen LogP contribution in [-0.4, -0.2) is 11.8 Å². The predicted molar refractivity (Wildman–Crippen MR) is 83.9 cm³/mol. The van der Waals surface area contributed by atoms with Crippen molar-refractivity contribution in [2.75, 3.05) is 5.88 Å². The molecule has 0 spiro atoms. The molecule has 1 aliphatic rings. The van der Waals surface area contributed by atoms with Gasteiger partial charge >= 0.3 is 0 Å². The largest absolute Gasteiger partial charge is 0.348 e. The molecule has 1 fully saturated rings. The maximum Gasteiger partial charge on any atom is 0.223 e. The summed E-state index contributed by atoms with van der Waals surface area (Å²) in [6.07, 6.45) is 8.25. The van der Waals surface area contributed by atoms with Crippen molar-refractivity contribution in [3.63, 3.8) is 0 Å². The number of nitrogens with one attached hydrogen (secondary N) is 1. The van der Waals surface area contributed by atoms with Crippen LogP contribution in [0, 0.1) is 5.92 Å². The molecule has 1 N–H and O–H groups in total. The van der Waals surface area contributed by atoms with Gasteiger partial charge in [0, 0.05) is 11.8 Å². The number of alkyl halides is 1. The maximum absolute atomic E-state index is 12.4. The molecule has 0 radical (unpaired) electrons. The van der Waals surface area contributed by atoms with Crippen LogP contribution in [-0.2, 0) is 4.79 Å². The number of hydrogen-bond donors (Lipinski definition) is 1. The van der Waals surface area contributed by atoms with Gasteiger partial charge in [0.05, 0.1) is 6.04 Å². The molecule has 1 atom stereocenters. The SMILES string of the molecule is O=C(NC(CCl)c1ccccc1)C1CCCCCCC1. The molecule has 1 aromatic rings. The highest BCUT2D eigenvalue weighted by Crippen LogP contribution is 2.24. The Balaban J connectivity index is 1.94. The van der Waals surface area contributed by atoms with Gasteiger partial charge in [0.15, 0.2) is 0 Å². The van der Waals surface area contributed by atoms with E-state index >= 15 is 0 Å². The van der Waals surface area contributed by atoms with E-state index in [1.54, 1.807) is 0 Å². The predicted octanol–water partition coefficient (Wildman–Crippen LogP) is 4.44. The Morgan fingerprint density at radius 1 is 1.10 bits per heavy atom. The zero-order valence-corrected chi connectivity index (χ0v) is 12.7. The van der Waals surface area contributed by atoms with Gasteiger partial charge in [-0.2, -0.15) is 0 Å². The number of carbonyl (C=O) groups excluding carboxylic acids is 1. The fourth-order valence-electron chi connectivity index (χ4n) is 2.90. The monoisotopic (exact) mass is 293 g/mol. The highest BCUT2D eigenvalue weighted by atomic mass is 35.5. The average Bonchev–Trinajstić information content (AvgIpc) is 2.45. The van der Waals surface area contributed by atoms with Crippen LogP contribution in [0.4, 0.5) is 0 Å². The third-order valence-electron chi connectivity index (χ3n) is 4.15. The molecule has 0 saturated heterocycles. The van der Waals surface area contributed by atoms with E-state index in [0.717, 1.165) is 18.4 Å². The Bertz CT molecular complexity index is 399. The Labute approximate surface area is 126 Å². The first-order chi connectivity index (χ1) is 9.81. The molecule has 1 aromatic carbocycles. The van der Waals surface area contributed by atoms with Gasteiger partial charge < -0.3 is 5.32 Å². The van der Waals surface area contributed by atoms with E-state index < -0.39 is 0 Å². The maximum atomic E-state index is 12.4. The van der Waals surface area contributed by atoms with Crippen LogP contribution in [0.2, 0.25) is 0 Å². The molecular weight excluding hydrogens is 270 g/mol. The molecule has 20 heavy (non-hydrogen) atoms. The first kappa shape index (κ1) is 15.4. The second kappa shape index (κ2) is 8.31. The Morgan fingerprint density at radius 2 is 1.70 bits per heavy atom. The number of hydrogen-bond acceptors (Lipinski definition) is 1. The topological polar surface area (TPSA) is 29.1 Å². The summed E-state index contributed by atoms with van der Waals surface area (Å²) in [6.45, 7) is 0. The van der Waals surface area contributed by atoms with E-state index in [0.29, 0.717) is 5.88 Å². The molecule has 2 nitrogen and oxygen atoms in total. The van der Waals surface area contributed by atoms with Crippen molar-refractivity contribution >= 4 is 17.5 Å². The summed E-state index contributed by atoms with van der Waals surface area (Å²) in [6, 6.07) is 9.91. The normalized spacial score (nSPS) is 18.9. The van der Waals surface area contributed by atoms with Crippen LogP contribution >= 0.6 is 11.6 Å². The van der Waals surface area contributed by atoms with Crippen molar-refractivity contribution in [3.05, 3.63) is 35.9 Å². The molecule has 1 aliphatic carbocycles. The van der Waals surface area contributed by atoms with Crippen LogP contribution in [0.1, 0.15) is 56.6 Å². The highest BCUT2D eigenvalue weighted by molar-refractivity contribution is 6.18.